The first-order chi connectivity index (χ1) is 15.5. The van der Waals surface area contributed by atoms with Gasteiger partial charge in [0.2, 0.25) is 0 Å². The van der Waals surface area contributed by atoms with Gasteiger partial charge in [0.1, 0.15) is 10.8 Å². The fraction of sp³-hybridized carbons (Fsp3) is 0.280. The Morgan fingerprint density at radius 2 is 1.78 bits per heavy atom. The van der Waals surface area contributed by atoms with Crippen molar-refractivity contribution in [2.45, 2.75) is 25.3 Å². The summed E-state index contributed by atoms with van der Waals surface area (Å²) in [5, 5.41) is 1.90. The lowest BCUT2D eigenvalue weighted by atomic mass is 9.73. The average Bonchev–Trinajstić information content (AvgIpc) is 3.35. The highest BCUT2D eigenvalue weighted by Crippen LogP contribution is 2.51. The second kappa shape index (κ2) is 7.70. The van der Waals surface area contributed by atoms with Gasteiger partial charge < -0.3 is 10.6 Å². The van der Waals surface area contributed by atoms with Gasteiger partial charge in [-0.15, -0.1) is 11.3 Å². The number of benzene rings is 2. The molecule has 6 rings (SSSR count). The highest BCUT2D eigenvalue weighted by atomic mass is 35.5. The van der Waals surface area contributed by atoms with E-state index in [2.05, 4.69) is 41.3 Å². The van der Waals surface area contributed by atoms with E-state index in [0.717, 1.165) is 59.1 Å². The molecule has 1 spiro atoms. The van der Waals surface area contributed by atoms with Crippen molar-refractivity contribution in [3.8, 4) is 10.6 Å². The molecule has 1 fully saturated rings. The largest absolute Gasteiger partial charge is 0.357 e. The van der Waals surface area contributed by atoms with E-state index in [1.165, 1.54) is 11.1 Å². The molecule has 0 unspecified atom stereocenters. The predicted molar refractivity (Wildman–Crippen MR) is 134 cm³/mol. The van der Waals surface area contributed by atoms with Crippen molar-refractivity contribution in [3.63, 3.8) is 0 Å². The van der Waals surface area contributed by atoms with Crippen molar-refractivity contribution >= 4 is 50.7 Å². The molecule has 0 amide bonds. The Hall–Kier alpha value is -2.18. The molecule has 162 valence electrons. The minimum atomic E-state index is 0.125. The third-order valence-electron chi connectivity index (χ3n) is 7.10. The first-order valence-electron chi connectivity index (χ1n) is 10.8. The monoisotopic (exact) mass is 480 g/mol. The molecular formula is C25H22Cl2N4S. The van der Waals surface area contributed by atoms with Gasteiger partial charge in [0, 0.05) is 24.7 Å². The third kappa shape index (κ3) is 3.22. The van der Waals surface area contributed by atoms with Gasteiger partial charge in [-0.1, -0.05) is 59.6 Å². The summed E-state index contributed by atoms with van der Waals surface area (Å²) in [4.78, 5) is 12.0. The smallest absolute Gasteiger partial charge is 0.173 e. The molecule has 4 aromatic rings. The summed E-state index contributed by atoms with van der Waals surface area (Å²) in [7, 11) is 0. The van der Waals surface area contributed by atoms with Gasteiger partial charge in [-0.2, -0.15) is 0 Å². The number of hydrogen-bond acceptors (Lipinski definition) is 5. The summed E-state index contributed by atoms with van der Waals surface area (Å²) < 4.78 is 1.04. The first-order valence-corrected chi connectivity index (χ1v) is 12.4. The molecule has 1 atom stereocenters. The number of nitrogens with two attached hydrogens (primary N) is 1. The van der Waals surface area contributed by atoms with Gasteiger partial charge in [0.25, 0.3) is 0 Å². The zero-order valence-corrected chi connectivity index (χ0v) is 19.7. The van der Waals surface area contributed by atoms with Crippen LogP contribution in [0.1, 0.15) is 30.0 Å². The maximum atomic E-state index is 6.73. The lowest BCUT2D eigenvalue weighted by Gasteiger charge is -2.42. The van der Waals surface area contributed by atoms with Crippen LogP contribution < -0.4 is 10.6 Å². The normalized spacial score (nSPS) is 19.6. The first kappa shape index (κ1) is 20.4. The Bertz CT molecular complexity index is 1330. The average molecular weight is 481 g/mol. The lowest BCUT2D eigenvalue weighted by molar-refractivity contribution is 0.187. The second-order valence-corrected chi connectivity index (χ2v) is 10.6. The van der Waals surface area contributed by atoms with Crippen molar-refractivity contribution in [2.24, 2.45) is 11.1 Å². The van der Waals surface area contributed by atoms with E-state index in [4.69, 9.17) is 38.9 Å². The van der Waals surface area contributed by atoms with Gasteiger partial charge in [0.15, 0.2) is 5.65 Å². The standard InChI is InChI=1S/C25H22Cl2N4S/c26-18-7-3-6-17(21(18)27)24-30-23-19(32-24)8-9-20(29-23)31-12-10-25(11-13-31)14-15-4-1-2-5-16(15)22(25)28/h1-9,22H,10-14,28H2/t22-/m1/s1. The molecule has 2 aliphatic rings. The number of nitrogens with zero attached hydrogens (tertiary/aromatic N) is 3. The van der Waals surface area contributed by atoms with Crippen molar-refractivity contribution < 1.29 is 0 Å². The number of anilines is 1. The molecule has 3 heterocycles. The molecule has 7 heteroatoms. The summed E-state index contributed by atoms with van der Waals surface area (Å²) in [6.07, 6.45) is 3.23. The minimum Gasteiger partial charge on any atom is -0.357 e. The number of pyridine rings is 1. The van der Waals surface area contributed by atoms with Crippen molar-refractivity contribution in [1.29, 1.82) is 0 Å². The maximum absolute atomic E-state index is 6.73. The maximum Gasteiger partial charge on any atom is 0.173 e. The Balaban J connectivity index is 1.24. The molecule has 1 aliphatic heterocycles. The van der Waals surface area contributed by atoms with Crippen molar-refractivity contribution in [2.75, 3.05) is 18.0 Å². The van der Waals surface area contributed by atoms with Gasteiger partial charge in [-0.3, -0.25) is 0 Å². The van der Waals surface area contributed by atoms with Crippen LogP contribution in [0.25, 0.3) is 20.9 Å². The fourth-order valence-corrected chi connectivity index (χ4v) is 6.64. The van der Waals surface area contributed by atoms with E-state index in [1.54, 1.807) is 17.4 Å². The molecule has 0 saturated carbocycles. The Labute approximate surface area is 201 Å². The number of fused-ring (bicyclic) bond motifs is 2. The van der Waals surface area contributed by atoms with Crippen LogP contribution in [0, 0.1) is 5.41 Å². The summed E-state index contributed by atoms with van der Waals surface area (Å²) in [5.74, 6) is 0.977. The van der Waals surface area contributed by atoms with Crippen LogP contribution in [-0.2, 0) is 6.42 Å². The van der Waals surface area contributed by atoms with Crippen LogP contribution in [0.5, 0.6) is 0 Å². The van der Waals surface area contributed by atoms with E-state index in [9.17, 15) is 0 Å². The Kier molecular flexibility index (Phi) is 4.92. The van der Waals surface area contributed by atoms with Gasteiger partial charge in [-0.25, -0.2) is 9.97 Å². The zero-order chi connectivity index (χ0) is 21.9. The highest BCUT2D eigenvalue weighted by Gasteiger charge is 2.45. The number of halogens is 2. The lowest BCUT2D eigenvalue weighted by Crippen LogP contribution is -2.44. The molecule has 0 bridgehead atoms. The highest BCUT2D eigenvalue weighted by molar-refractivity contribution is 7.21. The molecule has 32 heavy (non-hydrogen) atoms. The van der Waals surface area contributed by atoms with Crippen LogP contribution in [0.15, 0.2) is 54.6 Å². The molecule has 2 aromatic carbocycles. The molecule has 1 saturated heterocycles. The Morgan fingerprint density at radius 1 is 0.969 bits per heavy atom. The van der Waals surface area contributed by atoms with Crippen molar-refractivity contribution in [1.82, 2.24) is 9.97 Å². The van der Waals surface area contributed by atoms with E-state index in [-0.39, 0.29) is 11.5 Å². The van der Waals surface area contributed by atoms with Gasteiger partial charge in [0.05, 0.1) is 14.7 Å². The number of thiazole rings is 1. The van der Waals surface area contributed by atoms with Crippen LogP contribution in [0.3, 0.4) is 0 Å². The SMILES string of the molecule is N[C@@H]1c2ccccc2CC12CCN(c1ccc3sc(-c4cccc(Cl)c4Cl)nc3n1)CC2. The molecular weight excluding hydrogens is 459 g/mol. The topological polar surface area (TPSA) is 55.0 Å². The number of aromatic nitrogens is 2. The summed E-state index contributed by atoms with van der Waals surface area (Å²) >= 11 is 14.2. The molecule has 2 N–H and O–H groups in total. The number of piperidine rings is 1. The van der Waals surface area contributed by atoms with Crippen LogP contribution in [0.4, 0.5) is 5.82 Å². The summed E-state index contributed by atoms with van der Waals surface area (Å²) in [6.45, 7) is 1.91. The second-order valence-electron chi connectivity index (χ2n) is 8.81. The number of hydrogen-bond donors (Lipinski definition) is 1. The Morgan fingerprint density at radius 3 is 2.59 bits per heavy atom. The molecule has 0 radical (unpaired) electrons. The van der Waals surface area contributed by atoms with Gasteiger partial charge >= 0.3 is 0 Å². The van der Waals surface area contributed by atoms with E-state index in [1.807, 2.05) is 12.1 Å². The fourth-order valence-electron chi connectivity index (χ4n) is 5.26. The predicted octanol–water partition coefficient (Wildman–Crippen LogP) is 6.51. The molecule has 4 nitrogen and oxygen atoms in total. The molecule has 2 aromatic heterocycles. The van der Waals surface area contributed by atoms with E-state index >= 15 is 0 Å². The van der Waals surface area contributed by atoms with Crippen LogP contribution in [0.2, 0.25) is 10.0 Å². The third-order valence-corrected chi connectivity index (χ3v) is 8.96. The van der Waals surface area contributed by atoms with E-state index in [0.29, 0.717) is 10.0 Å². The number of rotatable bonds is 2. The summed E-state index contributed by atoms with van der Waals surface area (Å²) in [6, 6.07) is 18.6. The molecule has 1 aliphatic carbocycles. The minimum absolute atomic E-state index is 0.125. The van der Waals surface area contributed by atoms with Crippen LogP contribution in [-0.4, -0.2) is 23.1 Å². The van der Waals surface area contributed by atoms with Gasteiger partial charge in [-0.05, 0) is 54.0 Å². The quantitative estimate of drug-likeness (QED) is 0.355. The van der Waals surface area contributed by atoms with E-state index < -0.39 is 0 Å². The summed E-state index contributed by atoms with van der Waals surface area (Å²) in [5.41, 5.74) is 11.2. The zero-order valence-electron chi connectivity index (χ0n) is 17.4. The van der Waals surface area contributed by atoms with Crippen LogP contribution >= 0.6 is 34.5 Å². The van der Waals surface area contributed by atoms with Crippen molar-refractivity contribution in [3.05, 3.63) is 75.8 Å².